The van der Waals surface area contributed by atoms with Gasteiger partial charge in [-0.15, -0.1) is 0 Å². The molecule has 0 fully saturated rings. The molecule has 1 amide bonds. The maximum Gasteiger partial charge on any atom is 0.287 e. The average Bonchev–Trinajstić information content (AvgIpc) is 2.64. The van der Waals surface area contributed by atoms with Gasteiger partial charge in [-0.1, -0.05) is 6.92 Å². The molecule has 90 valence electrons. The lowest BCUT2D eigenvalue weighted by molar-refractivity contribution is 0.0880. The van der Waals surface area contributed by atoms with Gasteiger partial charge in [0.1, 0.15) is 5.76 Å². The van der Waals surface area contributed by atoms with Crippen LogP contribution >= 0.6 is 0 Å². The summed E-state index contributed by atoms with van der Waals surface area (Å²) in [5, 5.41) is 2.90. The number of furan rings is 1. The molecule has 0 atom stereocenters. The summed E-state index contributed by atoms with van der Waals surface area (Å²) in [6, 6.07) is 3.53. The molecule has 1 aromatic rings. The predicted octanol–water partition coefficient (Wildman–Crippen LogP) is 1.70. The molecule has 0 aliphatic heterocycles. The third-order valence-corrected chi connectivity index (χ3v) is 2.46. The number of nitrogens with two attached hydrogens (primary N) is 1. The van der Waals surface area contributed by atoms with Gasteiger partial charge < -0.3 is 15.5 Å². The van der Waals surface area contributed by atoms with Gasteiger partial charge in [-0.05, 0) is 38.9 Å². The topological polar surface area (TPSA) is 68.3 Å². The van der Waals surface area contributed by atoms with E-state index in [1.54, 1.807) is 6.07 Å². The Balaban J connectivity index is 2.65. The highest BCUT2D eigenvalue weighted by Crippen LogP contribution is 2.12. The molecule has 0 spiro atoms. The summed E-state index contributed by atoms with van der Waals surface area (Å²) in [5.74, 6) is 1.00. The van der Waals surface area contributed by atoms with E-state index in [0.717, 1.165) is 18.6 Å². The lowest BCUT2D eigenvalue weighted by Gasteiger charge is -2.24. The lowest BCUT2D eigenvalue weighted by Crippen LogP contribution is -2.44. The van der Waals surface area contributed by atoms with Crippen LogP contribution in [0.3, 0.4) is 0 Å². The number of rotatable bonds is 5. The van der Waals surface area contributed by atoms with E-state index in [1.807, 2.05) is 26.8 Å². The molecule has 1 rings (SSSR count). The van der Waals surface area contributed by atoms with E-state index in [9.17, 15) is 4.79 Å². The fourth-order valence-electron chi connectivity index (χ4n) is 1.48. The SMILES string of the molecule is CCc1ccc(C(=O)NC(C)(C)CCN)o1. The summed E-state index contributed by atoms with van der Waals surface area (Å²) in [6.07, 6.45) is 1.53. The number of carbonyl (C=O) groups excluding carboxylic acids is 1. The monoisotopic (exact) mass is 224 g/mol. The van der Waals surface area contributed by atoms with Crippen LogP contribution in [0.1, 0.15) is 43.5 Å². The Morgan fingerprint density at radius 2 is 2.19 bits per heavy atom. The van der Waals surface area contributed by atoms with Crippen molar-refractivity contribution in [3.63, 3.8) is 0 Å². The Labute approximate surface area is 96.2 Å². The molecule has 0 radical (unpaired) electrons. The van der Waals surface area contributed by atoms with Crippen LogP contribution in [0.15, 0.2) is 16.5 Å². The lowest BCUT2D eigenvalue weighted by atomic mass is 10.0. The molecular formula is C12H20N2O2. The van der Waals surface area contributed by atoms with E-state index in [2.05, 4.69) is 5.32 Å². The van der Waals surface area contributed by atoms with Crippen molar-refractivity contribution in [2.75, 3.05) is 6.54 Å². The van der Waals surface area contributed by atoms with Crippen LogP contribution in [0.5, 0.6) is 0 Å². The van der Waals surface area contributed by atoms with Gasteiger partial charge >= 0.3 is 0 Å². The smallest absolute Gasteiger partial charge is 0.287 e. The van der Waals surface area contributed by atoms with Crippen LogP contribution in [0.2, 0.25) is 0 Å². The standard InChI is InChI=1S/C12H20N2O2/c1-4-9-5-6-10(16-9)11(15)14-12(2,3)7-8-13/h5-6H,4,7-8,13H2,1-3H3,(H,14,15). The quantitative estimate of drug-likeness (QED) is 0.799. The Hall–Kier alpha value is -1.29. The van der Waals surface area contributed by atoms with Crippen molar-refractivity contribution in [2.24, 2.45) is 5.73 Å². The third-order valence-electron chi connectivity index (χ3n) is 2.46. The molecule has 16 heavy (non-hydrogen) atoms. The Kier molecular flexibility index (Phi) is 4.12. The molecule has 1 aromatic heterocycles. The number of nitrogens with one attached hydrogen (secondary N) is 1. The zero-order valence-corrected chi connectivity index (χ0v) is 10.2. The van der Waals surface area contributed by atoms with E-state index in [1.165, 1.54) is 0 Å². The van der Waals surface area contributed by atoms with Crippen LogP contribution in [-0.4, -0.2) is 18.0 Å². The highest BCUT2D eigenvalue weighted by molar-refractivity contribution is 5.91. The van der Waals surface area contributed by atoms with Crippen molar-refractivity contribution in [1.82, 2.24) is 5.32 Å². The Morgan fingerprint density at radius 3 is 2.69 bits per heavy atom. The molecule has 0 aliphatic carbocycles. The molecular weight excluding hydrogens is 204 g/mol. The van der Waals surface area contributed by atoms with Crippen LogP contribution < -0.4 is 11.1 Å². The van der Waals surface area contributed by atoms with Gasteiger partial charge in [0.2, 0.25) is 0 Å². The van der Waals surface area contributed by atoms with Crippen LogP contribution in [0, 0.1) is 0 Å². The summed E-state index contributed by atoms with van der Waals surface area (Å²) in [6.45, 7) is 6.42. The van der Waals surface area contributed by atoms with Crippen molar-refractivity contribution in [3.8, 4) is 0 Å². The fourth-order valence-corrected chi connectivity index (χ4v) is 1.48. The average molecular weight is 224 g/mol. The maximum atomic E-state index is 11.8. The van der Waals surface area contributed by atoms with Crippen LogP contribution in [0.25, 0.3) is 0 Å². The molecule has 1 heterocycles. The molecule has 0 saturated carbocycles. The number of aryl methyl sites for hydroxylation is 1. The summed E-state index contributed by atoms with van der Waals surface area (Å²) in [4.78, 5) is 11.8. The minimum absolute atomic E-state index is 0.182. The van der Waals surface area contributed by atoms with E-state index in [-0.39, 0.29) is 11.4 Å². The van der Waals surface area contributed by atoms with Crippen LogP contribution in [-0.2, 0) is 6.42 Å². The first-order valence-electron chi connectivity index (χ1n) is 5.60. The second kappa shape index (κ2) is 5.16. The highest BCUT2D eigenvalue weighted by atomic mass is 16.3. The molecule has 0 saturated heterocycles. The summed E-state index contributed by atoms with van der Waals surface area (Å²) in [5.41, 5.74) is 5.18. The van der Waals surface area contributed by atoms with E-state index >= 15 is 0 Å². The zero-order valence-electron chi connectivity index (χ0n) is 10.2. The minimum atomic E-state index is -0.301. The first-order chi connectivity index (χ1) is 7.48. The van der Waals surface area contributed by atoms with Gasteiger partial charge in [0.15, 0.2) is 5.76 Å². The number of hydrogen-bond donors (Lipinski definition) is 2. The molecule has 4 heteroatoms. The Bertz CT molecular complexity index is 356. The first kappa shape index (κ1) is 12.8. The second-order valence-corrected chi connectivity index (χ2v) is 4.50. The summed E-state index contributed by atoms with van der Waals surface area (Å²) >= 11 is 0. The number of hydrogen-bond acceptors (Lipinski definition) is 3. The van der Waals surface area contributed by atoms with E-state index < -0.39 is 0 Å². The van der Waals surface area contributed by atoms with Gasteiger partial charge in [0.25, 0.3) is 5.91 Å². The maximum absolute atomic E-state index is 11.8. The molecule has 0 aliphatic rings. The number of carbonyl (C=O) groups is 1. The van der Waals surface area contributed by atoms with E-state index in [4.69, 9.17) is 10.2 Å². The molecule has 4 nitrogen and oxygen atoms in total. The normalized spacial score (nSPS) is 11.5. The van der Waals surface area contributed by atoms with Gasteiger partial charge in [-0.25, -0.2) is 0 Å². The summed E-state index contributed by atoms with van der Waals surface area (Å²) < 4.78 is 5.38. The van der Waals surface area contributed by atoms with Gasteiger partial charge in [-0.3, -0.25) is 4.79 Å². The minimum Gasteiger partial charge on any atom is -0.456 e. The second-order valence-electron chi connectivity index (χ2n) is 4.50. The van der Waals surface area contributed by atoms with Crippen molar-refractivity contribution < 1.29 is 9.21 Å². The third kappa shape index (κ3) is 3.38. The highest BCUT2D eigenvalue weighted by Gasteiger charge is 2.21. The van der Waals surface area contributed by atoms with Gasteiger partial charge in [-0.2, -0.15) is 0 Å². The molecule has 0 bridgehead atoms. The van der Waals surface area contributed by atoms with E-state index in [0.29, 0.717) is 12.3 Å². The van der Waals surface area contributed by atoms with Crippen molar-refractivity contribution in [2.45, 2.75) is 39.2 Å². The van der Waals surface area contributed by atoms with Gasteiger partial charge in [0.05, 0.1) is 0 Å². The Morgan fingerprint density at radius 1 is 1.50 bits per heavy atom. The molecule has 0 aromatic carbocycles. The predicted molar refractivity (Wildman–Crippen MR) is 63.3 cm³/mol. The van der Waals surface area contributed by atoms with Crippen LogP contribution in [0.4, 0.5) is 0 Å². The number of amides is 1. The van der Waals surface area contributed by atoms with Crippen molar-refractivity contribution in [1.29, 1.82) is 0 Å². The summed E-state index contributed by atoms with van der Waals surface area (Å²) in [7, 11) is 0. The van der Waals surface area contributed by atoms with Crippen molar-refractivity contribution >= 4 is 5.91 Å². The largest absolute Gasteiger partial charge is 0.456 e. The van der Waals surface area contributed by atoms with Crippen molar-refractivity contribution in [3.05, 3.63) is 23.7 Å². The zero-order chi connectivity index (χ0) is 12.2. The first-order valence-corrected chi connectivity index (χ1v) is 5.60. The molecule has 0 unspecified atom stereocenters. The van der Waals surface area contributed by atoms with Gasteiger partial charge in [0, 0.05) is 12.0 Å². The molecule has 3 N–H and O–H groups in total. The fraction of sp³-hybridized carbons (Fsp3) is 0.583.